The number of nitro groups is 1. The molecule has 1 atom stereocenters. The van der Waals surface area contributed by atoms with Crippen LogP contribution in [0.3, 0.4) is 0 Å². The lowest BCUT2D eigenvalue weighted by atomic mass is 10.1. The van der Waals surface area contributed by atoms with Crippen LogP contribution in [0.25, 0.3) is 0 Å². The Kier molecular flexibility index (Phi) is 5.04. The average Bonchev–Trinajstić information content (AvgIpc) is 2.34. The van der Waals surface area contributed by atoms with E-state index in [2.05, 4.69) is 5.32 Å². The van der Waals surface area contributed by atoms with Crippen molar-refractivity contribution in [3.63, 3.8) is 0 Å². The van der Waals surface area contributed by atoms with Gasteiger partial charge in [0.2, 0.25) is 0 Å². The summed E-state index contributed by atoms with van der Waals surface area (Å²) in [6.45, 7) is 5.17. The second-order valence-electron chi connectivity index (χ2n) is 5.25. The van der Waals surface area contributed by atoms with Crippen LogP contribution < -0.4 is 5.32 Å². The Morgan fingerprint density at radius 2 is 1.95 bits per heavy atom. The molecule has 7 heteroatoms. The number of hydrogen-bond donors (Lipinski definition) is 2. The van der Waals surface area contributed by atoms with Gasteiger partial charge in [-0.05, 0) is 38.5 Å². The van der Waals surface area contributed by atoms with Gasteiger partial charge in [-0.15, -0.1) is 0 Å². The van der Waals surface area contributed by atoms with Crippen LogP contribution in [-0.4, -0.2) is 28.3 Å². The molecule has 0 aliphatic rings. The highest BCUT2D eigenvalue weighted by Crippen LogP contribution is 2.17. The van der Waals surface area contributed by atoms with Crippen molar-refractivity contribution in [2.24, 2.45) is 0 Å². The summed E-state index contributed by atoms with van der Waals surface area (Å²) in [5.74, 6) is 0. The normalized spacial score (nSPS) is 12.6. The van der Waals surface area contributed by atoms with Gasteiger partial charge in [-0.3, -0.25) is 10.1 Å². The standard InChI is InChI=1S/C13H18N2O5/c1-13(2,3)20-12(17)14-8-11(16)9-4-6-10(7-5-9)15(18)19/h4-7,11,16H,8H2,1-3H3,(H,14,17)/t11-/m1/s1. The minimum absolute atomic E-state index is 0.0350. The number of aliphatic hydroxyl groups is 1. The molecule has 2 N–H and O–H groups in total. The summed E-state index contributed by atoms with van der Waals surface area (Å²) < 4.78 is 5.02. The molecule has 0 unspecified atom stereocenters. The molecule has 1 aromatic carbocycles. The summed E-state index contributed by atoms with van der Waals surface area (Å²) >= 11 is 0. The number of hydrogen-bond acceptors (Lipinski definition) is 5. The summed E-state index contributed by atoms with van der Waals surface area (Å²) in [6.07, 6.45) is -1.58. The van der Waals surface area contributed by atoms with Gasteiger partial charge in [-0.25, -0.2) is 4.79 Å². The first-order valence-corrected chi connectivity index (χ1v) is 6.08. The van der Waals surface area contributed by atoms with E-state index in [1.165, 1.54) is 24.3 Å². The number of alkyl carbamates (subject to hydrolysis) is 1. The number of aliphatic hydroxyl groups excluding tert-OH is 1. The predicted molar refractivity (Wildman–Crippen MR) is 72.3 cm³/mol. The number of ether oxygens (including phenoxy) is 1. The lowest BCUT2D eigenvalue weighted by Gasteiger charge is -2.20. The van der Waals surface area contributed by atoms with Gasteiger partial charge in [0.05, 0.1) is 17.6 Å². The maximum Gasteiger partial charge on any atom is 0.407 e. The summed E-state index contributed by atoms with van der Waals surface area (Å²) in [6, 6.07) is 5.48. The van der Waals surface area contributed by atoms with Crippen LogP contribution in [-0.2, 0) is 4.74 Å². The third-order valence-electron chi connectivity index (χ3n) is 2.33. The van der Waals surface area contributed by atoms with E-state index in [0.29, 0.717) is 5.56 Å². The minimum atomic E-state index is -0.955. The van der Waals surface area contributed by atoms with Crippen molar-refractivity contribution >= 4 is 11.8 Å². The van der Waals surface area contributed by atoms with Gasteiger partial charge in [0.25, 0.3) is 5.69 Å². The zero-order chi connectivity index (χ0) is 15.3. The van der Waals surface area contributed by atoms with Crippen molar-refractivity contribution in [1.82, 2.24) is 5.32 Å². The number of non-ortho nitro benzene ring substituents is 1. The maximum atomic E-state index is 11.4. The molecule has 20 heavy (non-hydrogen) atoms. The molecule has 0 heterocycles. The average molecular weight is 282 g/mol. The van der Waals surface area contributed by atoms with Crippen LogP contribution in [0.2, 0.25) is 0 Å². The summed E-state index contributed by atoms with van der Waals surface area (Å²) in [5.41, 5.74) is -0.185. The van der Waals surface area contributed by atoms with Gasteiger partial charge < -0.3 is 15.2 Å². The first kappa shape index (κ1) is 15.9. The van der Waals surface area contributed by atoms with Crippen molar-refractivity contribution in [1.29, 1.82) is 0 Å². The van der Waals surface area contributed by atoms with E-state index < -0.39 is 22.7 Å². The van der Waals surface area contributed by atoms with Crippen molar-refractivity contribution in [2.45, 2.75) is 32.5 Å². The monoisotopic (exact) mass is 282 g/mol. The molecule has 0 fully saturated rings. The first-order valence-electron chi connectivity index (χ1n) is 6.08. The molecule has 0 aliphatic carbocycles. The van der Waals surface area contributed by atoms with Crippen LogP contribution >= 0.6 is 0 Å². The summed E-state index contributed by atoms with van der Waals surface area (Å²) in [7, 11) is 0. The van der Waals surface area contributed by atoms with E-state index in [-0.39, 0.29) is 12.2 Å². The molecule has 0 aromatic heterocycles. The highest BCUT2D eigenvalue weighted by atomic mass is 16.6. The number of amides is 1. The Hall–Kier alpha value is -2.15. The number of benzene rings is 1. The lowest BCUT2D eigenvalue weighted by Crippen LogP contribution is -2.34. The van der Waals surface area contributed by atoms with E-state index in [0.717, 1.165) is 0 Å². The third kappa shape index (κ3) is 5.23. The molecule has 0 saturated carbocycles. The van der Waals surface area contributed by atoms with E-state index in [9.17, 15) is 20.0 Å². The molecule has 0 aliphatic heterocycles. The fraction of sp³-hybridized carbons (Fsp3) is 0.462. The topological polar surface area (TPSA) is 102 Å². The highest BCUT2D eigenvalue weighted by molar-refractivity contribution is 5.67. The summed E-state index contributed by atoms with van der Waals surface area (Å²) in [5, 5.41) is 22.8. The smallest absolute Gasteiger partial charge is 0.407 e. The fourth-order valence-corrected chi connectivity index (χ4v) is 1.43. The Balaban J connectivity index is 2.52. The maximum absolute atomic E-state index is 11.4. The zero-order valence-corrected chi connectivity index (χ0v) is 11.6. The Labute approximate surface area is 116 Å². The SMILES string of the molecule is CC(C)(C)OC(=O)NC[C@@H](O)c1ccc([N+](=O)[O-])cc1. The number of nitrogens with zero attached hydrogens (tertiary/aromatic N) is 1. The number of nitro benzene ring substituents is 1. The minimum Gasteiger partial charge on any atom is -0.444 e. The first-order chi connectivity index (χ1) is 9.19. The number of carbonyl (C=O) groups excluding carboxylic acids is 1. The van der Waals surface area contributed by atoms with E-state index >= 15 is 0 Å². The second-order valence-corrected chi connectivity index (χ2v) is 5.25. The van der Waals surface area contributed by atoms with Gasteiger partial charge in [-0.1, -0.05) is 0 Å². The van der Waals surface area contributed by atoms with Crippen molar-refractivity contribution in [2.75, 3.05) is 6.54 Å². The Bertz CT molecular complexity index is 479. The predicted octanol–water partition coefficient (Wildman–Crippen LogP) is 2.15. The van der Waals surface area contributed by atoms with Crippen LogP contribution in [0.5, 0.6) is 0 Å². The molecule has 0 saturated heterocycles. The van der Waals surface area contributed by atoms with Gasteiger partial charge in [0, 0.05) is 12.1 Å². The van der Waals surface area contributed by atoms with Gasteiger partial charge >= 0.3 is 6.09 Å². The largest absolute Gasteiger partial charge is 0.444 e. The van der Waals surface area contributed by atoms with Crippen LogP contribution in [0.4, 0.5) is 10.5 Å². The molecule has 1 aromatic rings. The van der Waals surface area contributed by atoms with Crippen LogP contribution in [0.1, 0.15) is 32.4 Å². The number of carbonyl (C=O) groups is 1. The number of nitrogens with one attached hydrogen (secondary N) is 1. The quantitative estimate of drug-likeness (QED) is 0.650. The Morgan fingerprint density at radius 3 is 2.40 bits per heavy atom. The van der Waals surface area contributed by atoms with Crippen molar-refractivity contribution in [3.8, 4) is 0 Å². The van der Waals surface area contributed by atoms with E-state index in [4.69, 9.17) is 4.74 Å². The molecule has 0 spiro atoms. The molecule has 0 radical (unpaired) electrons. The molecular formula is C13H18N2O5. The van der Waals surface area contributed by atoms with Crippen molar-refractivity contribution in [3.05, 3.63) is 39.9 Å². The molecule has 0 bridgehead atoms. The zero-order valence-electron chi connectivity index (χ0n) is 11.6. The molecule has 1 rings (SSSR count). The molecule has 110 valence electrons. The molecule has 1 amide bonds. The van der Waals surface area contributed by atoms with Gasteiger partial charge in [-0.2, -0.15) is 0 Å². The Morgan fingerprint density at radius 1 is 1.40 bits per heavy atom. The van der Waals surface area contributed by atoms with Gasteiger partial charge in [0.1, 0.15) is 5.60 Å². The van der Waals surface area contributed by atoms with Gasteiger partial charge in [0.15, 0.2) is 0 Å². The molecular weight excluding hydrogens is 264 g/mol. The molecule has 7 nitrogen and oxygen atoms in total. The second kappa shape index (κ2) is 6.33. The fourth-order valence-electron chi connectivity index (χ4n) is 1.43. The van der Waals surface area contributed by atoms with E-state index in [1.54, 1.807) is 20.8 Å². The number of rotatable bonds is 4. The van der Waals surface area contributed by atoms with Crippen LogP contribution in [0.15, 0.2) is 24.3 Å². The lowest BCUT2D eigenvalue weighted by molar-refractivity contribution is -0.384. The van der Waals surface area contributed by atoms with Crippen molar-refractivity contribution < 1.29 is 19.6 Å². The summed E-state index contributed by atoms with van der Waals surface area (Å²) in [4.78, 5) is 21.4. The third-order valence-corrected chi connectivity index (χ3v) is 2.33. The van der Waals surface area contributed by atoms with E-state index in [1.807, 2.05) is 0 Å². The van der Waals surface area contributed by atoms with Crippen LogP contribution in [0, 0.1) is 10.1 Å². The highest BCUT2D eigenvalue weighted by Gasteiger charge is 2.17.